The van der Waals surface area contributed by atoms with Crippen LogP contribution in [-0.4, -0.2) is 30.3 Å². The summed E-state index contributed by atoms with van der Waals surface area (Å²) in [7, 11) is 1.61. The number of nitrogens with zero attached hydrogens (tertiary/aromatic N) is 1. The van der Waals surface area contributed by atoms with E-state index < -0.39 is 0 Å². The maximum Gasteiger partial charge on any atom is 0.246 e. The summed E-state index contributed by atoms with van der Waals surface area (Å²) in [4.78, 5) is 25.7. The predicted octanol–water partition coefficient (Wildman–Crippen LogP) is 4.18. The van der Waals surface area contributed by atoms with Crippen LogP contribution in [0.2, 0.25) is 0 Å². The van der Waals surface area contributed by atoms with Gasteiger partial charge in [-0.15, -0.1) is 0 Å². The Morgan fingerprint density at radius 2 is 1.92 bits per heavy atom. The third kappa shape index (κ3) is 5.87. The van der Waals surface area contributed by atoms with Crippen LogP contribution in [-0.2, 0) is 9.59 Å². The molecule has 0 aliphatic rings. The smallest absolute Gasteiger partial charge is 0.246 e. The molecule has 0 heterocycles. The van der Waals surface area contributed by atoms with Crippen LogP contribution in [0.15, 0.2) is 53.0 Å². The monoisotopic (exact) mass is 400 g/mol. The molecule has 0 aromatic heterocycles. The highest BCUT2D eigenvalue weighted by molar-refractivity contribution is 9.10. The molecule has 25 heavy (non-hydrogen) atoms. The summed E-state index contributed by atoms with van der Waals surface area (Å²) in [6.45, 7) is 3.91. The summed E-state index contributed by atoms with van der Waals surface area (Å²) in [5.74, 6) is -0.450. The first-order chi connectivity index (χ1) is 11.8. The number of hydrogen-bond acceptors (Lipinski definition) is 2. The first-order valence-electron chi connectivity index (χ1n) is 7.91. The fourth-order valence-electron chi connectivity index (χ4n) is 2.32. The fourth-order valence-corrected chi connectivity index (χ4v) is 2.79. The third-order valence-corrected chi connectivity index (χ3v) is 4.17. The summed E-state index contributed by atoms with van der Waals surface area (Å²) in [6.07, 6.45) is 3.23. The van der Waals surface area contributed by atoms with Crippen LogP contribution in [0.3, 0.4) is 0 Å². The number of aryl methyl sites for hydroxylation is 2. The summed E-state index contributed by atoms with van der Waals surface area (Å²) < 4.78 is 0.955. The van der Waals surface area contributed by atoms with Gasteiger partial charge in [0, 0.05) is 23.3 Å². The fraction of sp³-hybridized carbons (Fsp3) is 0.200. The van der Waals surface area contributed by atoms with Crippen molar-refractivity contribution in [3.05, 3.63) is 69.7 Å². The van der Waals surface area contributed by atoms with Crippen LogP contribution in [0.5, 0.6) is 0 Å². The number of halogens is 1. The topological polar surface area (TPSA) is 49.4 Å². The summed E-state index contributed by atoms with van der Waals surface area (Å²) in [5.41, 5.74) is 3.78. The average molecular weight is 401 g/mol. The molecule has 2 aromatic carbocycles. The highest BCUT2D eigenvalue weighted by Gasteiger charge is 2.11. The van der Waals surface area contributed by atoms with E-state index in [0.29, 0.717) is 0 Å². The van der Waals surface area contributed by atoms with Crippen molar-refractivity contribution in [1.29, 1.82) is 0 Å². The molecule has 0 spiro atoms. The molecule has 0 atom stereocenters. The van der Waals surface area contributed by atoms with Gasteiger partial charge in [0.25, 0.3) is 0 Å². The van der Waals surface area contributed by atoms with E-state index in [4.69, 9.17) is 0 Å². The number of nitrogens with one attached hydrogen (secondary N) is 1. The van der Waals surface area contributed by atoms with E-state index in [1.807, 2.05) is 56.3 Å². The summed E-state index contributed by atoms with van der Waals surface area (Å²) >= 11 is 3.39. The van der Waals surface area contributed by atoms with Crippen molar-refractivity contribution in [3.63, 3.8) is 0 Å². The molecule has 0 aliphatic carbocycles. The van der Waals surface area contributed by atoms with E-state index in [2.05, 4.69) is 21.2 Å². The number of amides is 2. The number of rotatable bonds is 5. The Hall–Kier alpha value is -2.40. The van der Waals surface area contributed by atoms with Gasteiger partial charge in [0.05, 0.1) is 6.54 Å². The van der Waals surface area contributed by atoms with Crippen molar-refractivity contribution in [3.8, 4) is 0 Å². The minimum absolute atomic E-state index is 0.00745. The van der Waals surface area contributed by atoms with Crippen LogP contribution >= 0.6 is 15.9 Å². The van der Waals surface area contributed by atoms with E-state index in [1.54, 1.807) is 13.1 Å². The van der Waals surface area contributed by atoms with Gasteiger partial charge in [-0.1, -0.05) is 45.8 Å². The maximum atomic E-state index is 12.2. The van der Waals surface area contributed by atoms with Gasteiger partial charge >= 0.3 is 0 Å². The van der Waals surface area contributed by atoms with E-state index in [-0.39, 0.29) is 18.4 Å². The minimum Gasteiger partial charge on any atom is -0.333 e. The number of carbonyl (C=O) groups excluding carboxylic acids is 2. The van der Waals surface area contributed by atoms with Crippen LogP contribution in [0.25, 0.3) is 6.08 Å². The number of carbonyl (C=O) groups is 2. The molecular formula is C20H21BrN2O2. The standard InChI is InChI=1S/C20H21BrN2O2/c1-14-5-4-6-16(11-14)7-10-20(25)23(3)13-19(24)22-18-9-8-17(21)12-15(18)2/h4-12H,13H2,1-3H3,(H,22,24)/b10-7+. The molecule has 0 aliphatic heterocycles. The van der Waals surface area contributed by atoms with Crippen molar-refractivity contribution >= 4 is 39.5 Å². The zero-order chi connectivity index (χ0) is 18.4. The van der Waals surface area contributed by atoms with E-state index in [9.17, 15) is 9.59 Å². The van der Waals surface area contributed by atoms with Gasteiger partial charge in [0.2, 0.25) is 11.8 Å². The second-order valence-electron chi connectivity index (χ2n) is 5.95. The normalized spacial score (nSPS) is 10.7. The lowest BCUT2D eigenvalue weighted by atomic mass is 10.1. The lowest BCUT2D eigenvalue weighted by Crippen LogP contribution is -2.34. The minimum atomic E-state index is -0.231. The summed E-state index contributed by atoms with van der Waals surface area (Å²) in [5, 5.41) is 2.83. The molecule has 2 amide bonds. The van der Waals surface area contributed by atoms with E-state index >= 15 is 0 Å². The molecule has 4 nitrogen and oxygen atoms in total. The molecule has 0 unspecified atom stereocenters. The molecule has 130 valence electrons. The SMILES string of the molecule is Cc1cccc(/C=C/C(=O)N(C)CC(=O)Nc2ccc(Br)cc2C)c1. The Morgan fingerprint density at radius 3 is 2.60 bits per heavy atom. The first kappa shape index (κ1) is 18.9. The zero-order valence-electron chi connectivity index (χ0n) is 14.5. The highest BCUT2D eigenvalue weighted by Crippen LogP contribution is 2.19. The molecule has 0 radical (unpaired) electrons. The van der Waals surface area contributed by atoms with Gasteiger partial charge in [0.1, 0.15) is 0 Å². The highest BCUT2D eigenvalue weighted by atomic mass is 79.9. The van der Waals surface area contributed by atoms with Crippen LogP contribution < -0.4 is 5.32 Å². The molecule has 2 rings (SSSR count). The van der Waals surface area contributed by atoms with Crippen LogP contribution in [0, 0.1) is 13.8 Å². The van der Waals surface area contributed by atoms with Gasteiger partial charge in [-0.3, -0.25) is 9.59 Å². The van der Waals surface area contributed by atoms with Crippen molar-refractivity contribution in [2.45, 2.75) is 13.8 Å². The van der Waals surface area contributed by atoms with Gasteiger partial charge in [-0.05, 0) is 49.2 Å². The molecule has 5 heteroatoms. The quantitative estimate of drug-likeness (QED) is 0.765. The Bertz CT molecular complexity index is 815. The number of anilines is 1. The average Bonchev–Trinajstić information content (AvgIpc) is 2.55. The van der Waals surface area contributed by atoms with Gasteiger partial charge < -0.3 is 10.2 Å². The second-order valence-corrected chi connectivity index (χ2v) is 6.86. The molecule has 0 saturated heterocycles. The molecule has 0 fully saturated rings. The molecular weight excluding hydrogens is 380 g/mol. The van der Waals surface area contributed by atoms with Gasteiger partial charge in [-0.2, -0.15) is 0 Å². The lowest BCUT2D eigenvalue weighted by Gasteiger charge is -2.15. The Labute approximate surface area is 156 Å². The lowest BCUT2D eigenvalue weighted by molar-refractivity contribution is -0.129. The Balaban J connectivity index is 1.92. The predicted molar refractivity (Wildman–Crippen MR) is 105 cm³/mol. The van der Waals surface area contributed by atoms with Crippen molar-refractivity contribution < 1.29 is 9.59 Å². The first-order valence-corrected chi connectivity index (χ1v) is 8.70. The molecule has 0 bridgehead atoms. The number of benzene rings is 2. The Kier molecular flexibility index (Phi) is 6.53. The van der Waals surface area contributed by atoms with Crippen molar-refractivity contribution in [2.75, 3.05) is 18.9 Å². The van der Waals surface area contributed by atoms with Crippen molar-refractivity contribution in [2.24, 2.45) is 0 Å². The van der Waals surface area contributed by atoms with Gasteiger partial charge in [0.15, 0.2) is 0 Å². The van der Waals surface area contributed by atoms with Crippen molar-refractivity contribution in [1.82, 2.24) is 4.90 Å². The maximum absolute atomic E-state index is 12.2. The second kappa shape index (κ2) is 8.62. The largest absolute Gasteiger partial charge is 0.333 e. The number of likely N-dealkylation sites (N-methyl/N-ethyl adjacent to an activating group) is 1. The molecule has 2 aromatic rings. The van der Waals surface area contributed by atoms with Crippen LogP contribution in [0.1, 0.15) is 16.7 Å². The molecule has 1 N–H and O–H groups in total. The summed E-state index contributed by atoms with van der Waals surface area (Å²) in [6, 6.07) is 13.5. The van der Waals surface area contributed by atoms with Gasteiger partial charge in [-0.25, -0.2) is 0 Å². The number of hydrogen-bond donors (Lipinski definition) is 1. The van der Waals surface area contributed by atoms with Crippen LogP contribution in [0.4, 0.5) is 5.69 Å². The van der Waals surface area contributed by atoms with E-state index in [1.165, 1.54) is 11.0 Å². The zero-order valence-corrected chi connectivity index (χ0v) is 16.1. The third-order valence-electron chi connectivity index (χ3n) is 3.68. The Morgan fingerprint density at radius 1 is 1.16 bits per heavy atom. The molecule has 0 saturated carbocycles. The van der Waals surface area contributed by atoms with E-state index in [0.717, 1.165) is 26.9 Å².